The van der Waals surface area contributed by atoms with Crippen LogP contribution in [0.2, 0.25) is 0 Å². The second-order valence-electron chi connectivity index (χ2n) is 9.24. The molecule has 0 spiro atoms. The van der Waals surface area contributed by atoms with Crippen molar-refractivity contribution in [2.45, 2.75) is 55.9 Å². The van der Waals surface area contributed by atoms with E-state index >= 15 is 0 Å². The van der Waals surface area contributed by atoms with E-state index in [1.807, 2.05) is 53.4 Å². The molecule has 31 heavy (non-hydrogen) atoms. The van der Waals surface area contributed by atoms with Crippen LogP contribution in [-0.4, -0.2) is 30.2 Å². The lowest BCUT2D eigenvalue weighted by Gasteiger charge is -2.30. The first-order valence-corrected chi connectivity index (χ1v) is 12.6. The summed E-state index contributed by atoms with van der Waals surface area (Å²) in [6, 6.07) is 15.5. The predicted molar refractivity (Wildman–Crippen MR) is 126 cm³/mol. The van der Waals surface area contributed by atoms with E-state index in [1.165, 1.54) is 32.1 Å². The molecule has 162 valence electrons. The Morgan fingerprint density at radius 2 is 1.65 bits per heavy atom. The minimum absolute atomic E-state index is 0.00342. The third-order valence-electron chi connectivity index (χ3n) is 7.13. The van der Waals surface area contributed by atoms with Gasteiger partial charge in [-0.15, -0.1) is 11.8 Å². The van der Waals surface area contributed by atoms with Crippen LogP contribution in [0.15, 0.2) is 53.4 Å². The number of nitrogens with zero attached hydrogens (tertiary/aromatic N) is 1. The van der Waals surface area contributed by atoms with Crippen LogP contribution in [0.25, 0.3) is 0 Å². The van der Waals surface area contributed by atoms with Gasteiger partial charge in [0.1, 0.15) is 0 Å². The second kappa shape index (κ2) is 9.07. The Hall–Kier alpha value is -2.27. The van der Waals surface area contributed by atoms with E-state index in [4.69, 9.17) is 0 Å². The zero-order valence-corrected chi connectivity index (χ0v) is 18.7. The number of hydrogen-bond acceptors (Lipinski definition) is 3. The molecule has 1 aliphatic heterocycles. The number of benzene rings is 2. The van der Waals surface area contributed by atoms with Gasteiger partial charge in [0.05, 0.1) is 5.69 Å². The first kappa shape index (κ1) is 20.6. The third-order valence-corrected chi connectivity index (χ3v) is 8.17. The lowest BCUT2D eigenvalue weighted by atomic mass is 9.88. The summed E-state index contributed by atoms with van der Waals surface area (Å²) in [5.74, 6) is 2.38. The smallest absolute Gasteiger partial charge is 0.258 e. The van der Waals surface area contributed by atoms with Crippen molar-refractivity contribution < 1.29 is 9.59 Å². The molecule has 0 radical (unpaired) electrons. The highest BCUT2D eigenvalue weighted by Gasteiger charge is 2.30. The normalized spacial score (nSPS) is 25.3. The van der Waals surface area contributed by atoms with E-state index in [-0.39, 0.29) is 17.9 Å². The van der Waals surface area contributed by atoms with Crippen molar-refractivity contribution in [3.63, 3.8) is 0 Å². The molecule has 2 aromatic carbocycles. The van der Waals surface area contributed by atoms with E-state index < -0.39 is 0 Å². The molecule has 0 saturated heterocycles. The highest BCUT2D eigenvalue weighted by atomic mass is 32.2. The van der Waals surface area contributed by atoms with Gasteiger partial charge in [0.15, 0.2) is 0 Å². The van der Waals surface area contributed by atoms with Crippen LogP contribution >= 0.6 is 11.8 Å². The topological polar surface area (TPSA) is 49.4 Å². The van der Waals surface area contributed by atoms with Crippen LogP contribution in [0.4, 0.5) is 5.69 Å². The lowest BCUT2D eigenvalue weighted by Crippen LogP contribution is -2.38. The highest BCUT2D eigenvalue weighted by molar-refractivity contribution is 7.99. The number of anilines is 1. The van der Waals surface area contributed by atoms with E-state index in [0.717, 1.165) is 41.0 Å². The summed E-state index contributed by atoms with van der Waals surface area (Å²) in [7, 11) is 0. The fourth-order valence-electron chi connectivity index (χ4n) is 5.52. The Balaban J connectivity index is 1.35. The average Bonchev–Trinajstić information content (AvgIpc) is 3.13. The molecular weight excluding hydrogens is 404 g/mol. The third kappa shape index (κ3) is 4.52. The fraction of sp³-hybridized carbons (Fsp3) is 0.462. The Morgan fingerprint density at radius 3 is 2.39 bits per heavy atom. The van der Waals surface area contributed by atoms with Crippen LogP contribution in [0, 0.1) is 11.8 Å². The number of carbonyl (C=O) groups is 2. The molecule has 2 saturated carbocycles. The first-order valence-electron chi connectivity index (χ1n) is 11.6. The molecule has 2 fully saturated rings. The summed E-state index contributed by atoms with van der Waals surface area (Å²) in [6.45, 7) is 0.655. The average molecular weight is 435 g/mol. The van der Waals surface area contributed by atoms with Gasteiger partial charge in [0.2, 0.25) is 0 Å². The zero-order chi connectivity index (χ0) is 21.2. The largest absolute Gasteiger partial charge is 0.349 e. The molecule has 2 amide bonds. The van der Waals surface area contributed by atoms with Gasteiger partial charge in [-0.1, -0.05) is 50.3 Å². The molecular formula is C26H30N2O2S. The van der Waals surface area contributed by atoms with Crippen molar-refractivity contribution in [1.29, 1.82) is 0 Å². The van der Waals surface area contributed by atoms with Gasteiger partial charge in [0.25, 0.3) is 11.8 Å². The molecule has 2 atom stereocenters. The van der Waals surface area contributed by atoms with Crippen LogP contribution in [0.3, 0.4) is 0 Å². The van der Waals surface area contributed by atoms with Gasteiger partial charge < -0.3 is 10.2 Å². The maximum atomic E-state index is 13.2. The first-order chi connectivity index (χ1) is 15.2. The Morgan fingerprint density at radius 1 is 0.903 bits per heavy atom. The van der Waals surface area contributed by atoms with Gasteiger partial charge in [0, 0.05) is 34.4 Å². The number of carbonyl (C=O) groups excluding carboxylic acids is 2. The molecule has 1 heterocycles. The maximum absolute atomic E-state index is 13.2. The van der Waals surface area contributed by atoms with Crippen molar-refractivity contribution in [3.05, 3.63) is 59.7 Å². The Labute approximate surface area is 188 Å². The predicted octanol–water partition coefficient (Wildman–Crippen LogP) is 5.53. The second-order valence-corrected chi connectivity index (χ2v) is 10.4. The number of rotatable bonds is 3. The highest BCUT2D eigenvalue weighted by Crippen LogP contribution is 2.38. The molecule has 5 heteroatoms. The van der Waals surface area contributed by atoms with E-state index in [2.05, 4.69) is 5.32 Å². The molecule has 0 aromatic heterocycles. The Kier molecular flexibility index (Phi) is 6.04. The number of amides is 2. The van der Waals surface area contributed by atoms with Crippen molar-refractivity contribution >= 4 is 29.3 Å². The molecule has 2 bridgehead atoms. The molecule has 3 aliphatic rings. The number of hydrogen-bond donors (Lipinski definition) is 1. The fourth-order valence-corrected chi connectivity index (χ4v) is 6.50. The summed E-state index contributed by atoms with van der Waals surface area (Å²) in [4.78, 5) is 29.2. The molecule has 2 aromatic rings. The number of thioether (sulfide) groups is 1. The SMILES string of the molecule is O=C(NC1CC2CCCC(CC2)C1)c1ccc2c(c1)N(C(=O)c1ccccc1)CCS2. The summed E-state index contributed by atoms with van der Waals surface area (Å²) < 4.78 is 0. The lowest BCUT2D eigenvalue weighted by molar-refractivity contribution is 0.0922. The van der Waals surface area contributed by atoms with Crippen LogP contribution in [-0.2, 0) is 0 Å². The molecule has 2 unspecified atom stereocenters. The standard InChI is InChI=1S/C26H30N2O2S/c29-25(27-22-15-18-5-4-6-19(16-22)10-9-18)21-11-12-24-23(17-21)28(13-14-31-24)26(30)20-7-2-1-3-8-20/h1-3,7-8,11-12,17-19,22H,4-6,9-10,13-16H2,(H,27,29). The molecule has 4 nitrogen and oxygen atoms in total. The summed E-state index contributed by atoms with van der Waals surface area (Å²) in [5, 5.41) is 3.34. The van der Waals surface area contributed by atoms with E-state index in [1.54, 1.807) is 11.8 Å². The van der Waals surface area contributed by atoms with Crippen molar-refractivity contribution in [1.82, 2.24) is 5.32 Å². The summed E-state index contributed by atoms with van der Waals surface area (Å²) in [6.07, 6.45) is 8.85. The quantitative estimate of drug-likeness (QED) is 0.691. The Bertz CT molecular complexity index is 947. The molecule has 5 rings (SSSR count). The van der Waals surface area contributed by atoms with Gasteiger partial charge in [-0.2, -0.15) is 0 Å². The number of nitrogens with one attached hydrogen (secondary N) is 1. The molecule has 1 N–H and O–H groups in total. The number of fused-ring (bicyclic) bond motifs is 4. The minimum atomic E-state index is -0.00421. The van der Waals surface area contributed by atoms with Crippen LogP contribution in [0.1, 0.15) is 65.7 Å². The van der Waals surface area contributed by atoms with Crippen molar-refractivity contribution in [3.8, 4) is 0 Å². The van der Waals surface area contributed by atoms with Gasteiger partial charge >= 0.3 is 0 Å². The van der Waals surface area contributed by atoms with Crippen LogP contribution in [0.5, 0.6) is 0 Å². The van der Waals surface area contributed by atoms with E-state index in [0.29, 0.717) is 17.7 Å². The molecule has 2 aliphatic carbocycles. The maximum Gasteiger partial charge on any atom is 0.258 e. The van der Waals surface area contributed by atoms with Crippen molar-refractivity contribution in [2.75, 3.05) is 17.2 Å². The zero-order valence-electron chi connectivity index (χ0n) is 17.9. The van der Waals surface area contributed by atoms with Gasteiger partial charge in [-0.3, -0.25) is 9.59 Å². The van der Waals surface area contributed by atoms with Gasteiger partial charge in [-0.05, 0) is 55.0 Å². The van der Waals surface area contributed by atoms with Crippen molar-refractivity contribution in [2.24, 2.45) is 11.8 Å². The monoisotopic (exact) mass is 434 g/mol. The summed E-state index contributed by atoms with van der Waals surface area (Å²) >= 11 is 1.75. The summed E-state index contributed by atoms with van der Waals surface area (Å²) in [5.41, 5.74) is 2.19. The van der Waals surface area contributed by atoms with Crippen LogP contribution < -0.4 is 10.2 Å². The minimum Gasteiger partial charge on any atom is -0.349 e. The van der Waals surface area contributed by atoms with E-state index in [9.17, 15) is 9.59 Å². The van der Waals surface area contributed by atoms with Gasteiger partial charge in [-0.25, -0.2) is 0 Å².